The van der Waals surface area contributed by atoms with Crippen LogP contribution in [0.15, 0.2) is 34.3 Å². The Balaban J connectivity index is 2.00. The third-order valence-corrected chi connectivity index (χ3v) is 6.10. The van der Waals surface area contributed by atoms with E-state index in [9.17, 15) is 34.8 Å². The van der Waals surface area contributed by atoms with Gasteiger partial charge in [-0.25, -0.2) is 8.42 Å². The fourth-order valence-electron chi connectivity index (χ4n) is 1.90. The molecule has 0 aliphatic carbocycles. The molecule has 2 rings (SSSR count). The van der Waals surface area contributed by atoms with Crippen molar-refractivity contribution >= 4 is 21.6 Å². The molecule has 0 aliphatic rings. The van der Waals surface area contributed by atoms with Crippen molar-refractivity contribution in [3.05, 3.63) is 30.1 Å². The van der Waals surface area contributed by atoms with Gasteiger partial charge in [0, 0.05) is 12.8 Å². The van der Waals surface area contributed by atoms with E-state index in [-0.39, 0.29) is 15.8 Å². The van der Waals surface area contributed by atoms with Gasteiger partial charge in [-0.2, -0.15) is 13.2 Å². The third kappa shape index (κ3) is 5.76. The third-order valence-electron chi connectivity index (χ3n) is 3.09. The van der Waals surface area contributed by atoms with Gasteiger partial charge in [0.2, 0.25) is 5.82 Å². The maximum absolute atomic E-state index is 12.6. The number of sulfone groups is 1. The number of nitrogens with zero attached hydrogens (tertiary/aromatic N) is 3. The zero-order chi connectivity index (χ0) is 20.5. The normalized spacial score (nSPS) is 13.0. The van der Waals surface area contributed by atoms with Gasteiger partial charge in [0.05, 0.1) is 10.6 Å². The van der Waals surface area contributed by atoms with E-state index in [0.29, 0.717) is 4.57 Å². The summed E-state index contributed by atoms with van der Waals surface area (Å²) >= 11 is 0.753. The zero-order valence-electron chi connectivity index (χ0n) is 13.4. The number of halogens is 6. The van der Waals surface area contributed by atoms with Crippen molar-refractivity contribution in [2.45, 2.75) is 22.6 Å². The summed E-state index contributed by atoms with van der Waals surface area (Å²) in [5.74, 6) is -2.39. The lowest BCUT2D eigenvalue weighted by molar-refractivity contribution is -0.274. The average Bonchev–Trinajstić information content (AvgIpc) is 2.87. The van der Waals surface area contributed by atoms with Crippen LogP contribution in [0.1, 0.15) is 5.82 Å². The van der Waals surface area contributed by atoms with Gasteiger partial charge in [-0.1, -0.05) is 11.8 Å². The topological polar surface area (TPSA) is 74.1 Å². The van der Waals surface area contributed by atoms with Crippen molar-refractivity contribution in [2.75, 3.05) is 11.5 Å². The molecule has 0 atom stereocenters. The Hall–Kier alpha value is -1.96. The quantitative estimate of drug-likeness (QED) is 0.512. The number of thioether (sulfide) groups is 1. The Labute approximate surface area is 153 Å². The molecule has 14 heteroatoms. The van der Waals surface area contributed by atoms with Crippen LogP contribution in [-0.4, -0.2) is 41.1 Å². The molecule has 0 amide bonds. The minimum atomic E-state index is -4.90. The van der Waals surface area contributed by atoms with Gasteiger partial charge in [-0.3, -0.25) is 0 Å². The number of hydrogen-bond donors (Lipinski definition) is 0. The number of rotatable bonds is 6. The first-order valence-electron chi connectivity index (χ1n) is 6.97. The Kier molecular flexibility index (Phi) is 5.99. The molecule has 1 aromatic heterocycles. The number of ether oxygens (including phenoxy) is 1. The largest absolute Gasteiger partial charge is 0.573 e. The molecule has 0 saturated carbocycles. The second kappa shape index (κ2) is 7.58. The molecule has 0 N–H and O–H groups in total. The van der Waals surface area contributed by atoms with E-state index < -0.39 is 39.7 Å². The van der Waals surface area contributed by atoms with Crippen molar-refractivity contribution in [1.82, 2.24) is 14.8 Å². The van der Waals surface area contributed by atoms with Gasteiger partial charge < -0.3 is 9.30 Å². The van der Waals surface area contributed by atoms with Crippen LogP contribution in [0.4, 0.5) is 26.3 Å². The van der Waals surface area contributed by atoms with Gasteiger partial charge in [-0.05, 0) is 24.3 Å². The molecular formula is C13H11F6N3O3S2. The van der Waals surface area contributed by atoms with Gasteiger partial charge in [0.1, 0.15) is 5.75 Å². The average molecular weight is 435 g/mol. The highest BCUT2D eigenvalue weighted by Crippen LogP contribution is 2.30. The number of aromatic nitrogens is 3. The lowest BCUT2D eigenvalue weighted by Gasteiger charge is -2.09. The molecule has 0 spiro atoms. The molecular weight excluding hydrogens is 424 g/mol. The van der Waals surface area contributed by atoms with E-state index >= 15 is 0 Å². The summed E-state index contributed by atoms with van der Waals surface area (Å²) in [5.41, 5.74) is 0. The molecule has 0 radical (unpaired) electrons. The predicted octanol–water partition coefficient (Wildman–Crippen LogP) is 3.30. The molecule has 0 aliphatic heterocycles. The van der Waals surface area contributed by atoms with E-state index in [0.717, 1.165) is 43.1 Å². The van der Waals surface area contributed by atoms with E-state index in [4.69, 9.17) is 0 Å². The fraction of sp³-hybridized carbons (Fsp3) is 0.385. The Morgan fingerprint density at radius 2 is 1.67 bits per heavy atom. The summed E-state index contributed by atoms with van der Waals surface area (Å²) < 4.78 is 103. The molecule has 1 heterocycles. The summed E-state index contributed by atoms with van der Waals surface area (Å²) in [6.07, 6.45) is -9.59. The van der Waals surface area contributed by atoms with Crippen LogP contribution in [-0.2, 0) is 23.1 Å². The minimum absolute atomic E-state index is 0.119. The van der Waals surface area contributed by atoms with Crippen LogP contribution >= 0.6 is 11.8 Å². The van der Waals surface area contributed by atoms with Crippen molar-refractivity contribution in [1.29, 1.82) is 0 Å². The Morgan fingerprint density at radius 3 is 2.15 bits per heavy atom. The van der Waals surface area contributed by atoms with Crippen LogP contribution in [0.3, 0.4) is 0 Å². The maximum atomic E-state index is 12.6. The van der Waals surface area contributed by atoms with Crippen molar-refractivity contribution in [2.24, 2.45) is 7.05 Å². The Bertz CT molecular complexity index is 891. The van der Waals surface area contributed by atoms with Crippen LogP contribution in [0.25, 0.3) is 0 Å². The lowest BCUT2D eigenvalue weighted by Crippen LogP contribution is -2.17. The van der Waals surface area contributed by atoms with Gasteiger partial charge >= 0.3 is 12.5 Å². The molecule has 150 valence electrons. The molecule has 1 aromatic carbocycles. The van der Waals surface area contributed by atoms with E-state index in [1.54, 1.807) is 0 Å². The summed E-state index contributed by atoms with van der Waals surface area (Å²) in [5, 5.41) is 6.25. The molecule has 0 saturated heterocycles. The highest BCUT2D eigenvalue weighted by molar-refractivity contribution is 8.00. The highest BCUT2D eigenvalue weighted by Gasteiger charge is 2.37. The second-order valence-corrected chi connectivity index (χ2v) is 8.22. The predicted molar refractivity (Wildman–Crippen MR) is 81.9 cm³/mol. The van der Waals surface area contributed by atoms with Crippen molar-refractivity contribution in [3.63, 3.8) is 0 Å². The van der Waals surface area contributed by atoms with E-state index in [2.05, 4.69) is 14.9 Å². The van der Waals surface area contributed by atoms with Crippen LogP contribution < -0.4 is 4.74 Å². The number of hydrogen-bond acceptors (Lipinski definition) is 6. The van der Waals surface area contributed by atoms with Gasteiger partial charge in [0.15, 0.2) is 15.0 Å². The lowest BCUT2D eigenvalue weighted by atomic mass is 10.3. The molecule has 0 bridgehead atoms. The molecule has 6 nitrogen and oxygen atoms in total. The van der Waals surface area contributed by atoms with Crippen molar-refractivity contribution < 1.29 is 39.5 Å². The van der Waals surface area contributed by atoms with Crippen LogP contribution in [0, 0.1) is 0 Å². The monoisotopic (exact) mass is 435 g/mol. The molecule has 2 aromatic rings. The molecule has 0 fully saturated rings. The van der Waals surface area contributed by atoms with Gasteiger partial charge in [0.25, 0.3) is 0 Å². The summed E-state index contributed by atoms with van der Waals surface area (Å²) in [7, 11) is -2.77. The number of benzene rings is 1. The smallest absolute Gasteiger partial charge is 0.406 e. The fourth-order valence-corrected chi connectivity index (χ4v) is 4.46. The minimum Gasteiger partial charge on any atom is -0.406 e. The first-order valence-corrected chi connectivity index (χ1v) is 9.61. The van der Waals surface area contributed by atoms with E-state index in [1.165, 1.54) is 0 Å². The standard InChI is InChI=1S/C13H11F6N3O3S2/c1-22-10(12(14,15)16)20-21-11(22)26-6-7-27(23,24)9-4-2-8(3-5-9)25-13(17,18)19/h2-5H,6-7H2,1H3. The molecule has 27 heavy (non-hydrogen) atoms. The highest BCUT2D eigenvalue weighted by atomic mass is 32.2. The first-order chi connectivity index (χ1) is 12.3. The second-order valence-electron chi connectivity index (χ2n) is 5.05. The van der Waals surface area contributed by atoms with Crippen molar-refractivity contribution in [3.8, 4) is 5.75 Å². The van der Waals surface area contributed by atoms with Crippen LogP contribution in [0.2, 0.25) is 0 Å². The maximum Gasteiger partial charge on any atom is 0.573 e. The summed E-state index contributed by atoms with van der Waals surface area (Å²) in [6.45, 7) is 0. The SMILES string of the molecule is Cn1c(SCCS(=O)(=O)c2ccc(OC(F)(F)F)cc2)nnc1C(F)(F)F. The first kappa shape index (κ1) is 21.3. The zero-order valence-corrected chi connectivity index (χ0v) is 15.0. The van der Waals surface area contributed by atoms with Gasteiger partial charge in [-0.15, -0.1) is 23.4 Å². The summed E-state index contributed by atoms with van der Waals surface area (Å²) in [6, 6.07) is 3.61. The number of alkyl halides is 6. The van der Waals surface area contributed by atoms with Crippen LogP contribution in [0.5, 0.6) is 5.75 Å². The molecule has 0 unspecified atom stereocenters. The Morgan fingerprint density at radius 1 is 1.07 bits per heavy atom. The van der Waals surface area contributed by atoms with E-state index in [1.807, 2.05) is 0 Å². The summed E-state index contributed by atoms with van der Waals surface area (Å²) in [4.78, 5) is -0.244.